The molecule has 1 unspecified atom stereocenters. The average Bonchev–Trinajstić information content (AvgIpc) is 3.18. The zero-order valence-electron chi connectivity index (χ0n) is 13.6. The van der Waals surface area contributed by atoms with Gasteiger partial charge in [0, 0.05) is 38.5 Å². The zero-order valence-corrected chi connectivity index (χ0v) is 14.4. The van der Waals surface area contributed by atoms with Gasteiger partial charge in [-0.15, -0.1) is 11.3 Å². The van der Waals surface area contributed by atoms with Gasteiger partial charge in [0.2, 0.25) is 0 Å². The van der Waals surface area contributed by atoms with Crippen LogP contribution in [-0.4, -0.2) is 51.9 Å². The minimum Gasteiger partial charge on any atom is -0.378 e. The van der Waals surface area contributed by atoms with Crippen molar-refractivity contribution in [2.75, 3.05) is 26.8 Å². The number of thiazole rings is 1. The lowest BCUT2D eigenvalue weighted by Gasteiger charge is -2.30. The Hall–Kier alpha value is -1.35. The summed E-state index contributed by atoms with van der Waals surface area (Å²) in [6, 6.07) is 0. The predicted molar refractivity (Wildman–Crippen MR) is 87.2 cm³/mol. The van der Waals surface area contributed by atoms with Crippen LogP contribution in [0.15, 0.2) is 5.38 Å². The predicted octanol–water partition coefficient (Wildman–Crippen LogP) is 1.93. The van der Waals surface area contributed by atoms with Gasteiger partial charge in [-0.25, -0.2) is 9.97 Å². The van der Waals surface area contributed by atoms with Gasteiger partial charge in [-0.1, -0.05) is 6.92 Å². The summed E-state index contributed by atoms with van der Waals surface area (Å²) in [4.78, 5) is 11.5. The highest BCUT2D eigenvalue weighted by Gasteiger charge is 2.25. The maximum atomic E-state index is 5.84. The highest BCUT2D eigenvalue weighted by Crippen LogP contribution is 2.21. The SMILES string of the molecule is CCCc1nc(C2CN(Cc3csc(COC)n3)CCO2)n[nH]1. The van der Waals surface area contributed by atoms with Crippen molar-refractivity contribution in [2.45, 2.75) is 39.0 Å². The number of nitrogens with one attached hydrogen (secondary N) is 1. The standard InChI is InChI=1S/C15H23N5O2S/c1-3-4-13-17-15(19-18-13)12-8-20(5-6-22-12)7-11-10-23-14(16-11)9-21-2/h10,12H,3-9H2,1-2H3,(H,17,18,19). The number of aromatic amines is 1. The smallest absolute Gasteiger partial charge is 0.180 e. The molecule has 1 aliphatic heterocycles. The fourth-order valence-electron chi connectivity index (χ4n) is 2.65. The highest BCUT2D eigenvalue weighted by molar-refractivity contribution is 7.09. The third-order valence-corrected chi connectivity index (χ3v) is 4.60. The Balaban J connectivity index is 1.58. The number of hydrogen-bond acceptors (Lipinski definition) is 7. The van der Waals surface area contributed by atoms with E-state index in [9.17, 15) is 0 Å². The van der Waals surface area contributed by atoms with Gasteiger partial charge in [-0.05, 0) is 6.42 Å². The monoisotopic (exact) mass is 337 g/mol. The molecule has 3 rings (SSSR count). The molecular weight excluding hydrogens is 314 g/mol. The quantitative estimate of drug-likeness (QED) is 0.832. The largest absolute Gasteiger partial charge is 0.378 e. The number of nitrogens with zero attached hydrogens (tertiary/aromatic N) is 4. The molecule has 2 aromatic heterocycles. The zero-order chi connectivity index (χ0) is 16.1. The maximum Gasteiger partial charge on any atom is 0.180 e. The van der Waals surface area contributed by atoms with Gasteiger partial charge in [0.1, 0.15) is 16.9 Å². The van der Waals surface area contributed by atoms with E-state index in [-0.39, 0.29) is 6.10 Å². The van der Waals surface area contributed by atoms with Crippen molar-refractivity contribution in [3.05, 3.63) is 27.7 Å². The Morgan fingerprint density at radius 3 is 3.22 bits per heavy atom. The number of hydrogen-bond donors (Lipinski definition) is 1. The summed E-state index contributed by atoms with van der Waals surface area (Å²) < 4.78 is 11.0. The minimum atomic E-state index is -0.0670. The molecule has 126 valence electrons. The van der Waals surface area contributed by atoms with E-state index in [1.54, 1.807) is 18.4 Å². The van der Waals surface area contributed by atoms with Gasteiger partial charge in [0.15, 0.2) is 5.82 Å². The van der Waals surface area contributed by atoms with Crippen molar-refractivity contribution in [1.82, 2.24) is 25.1 Å². The second-order valence-electron chi connectivity index (χ2n) is 5.65. The molecule has 0 aliphatic carbocycles. The van der Waals surface area contributed by atoms with Crippen LogP contribution in [0.4, 0.5) is 0 Å². The molecule has 0 saturated carbocycles. The molecule has 0 spiro atoms. The van der Waals surface area contributed by atoms with E-state index in [2.05, 4.69) is 37.4 Å². The number of aryl methyl sites for hydroxylation is 1. The van der Waals surface area contributed by atoms with Crippen LogP contribution in [0.2, 0.25) is 0 Å². The topological polar surface area (TPSA) is 76.2 Å². The summed E-state index contributed by atoms with van der Waals surface area (Å²) in [6.07, 6.45) is 1.91. The molecule has 3 heterocycles. The first-order valence-corrected chi connectivity index (χ1v) is 8.83. The number of rotatable bonds is 7. The lowest BCUT2D eigenvalue weighted by Crippen LogP contribution is -2.38. The van der Waals surface area contributed by atoms with Crippen LogP contribution in [-0.2, 0) is 29.0 Å². The lowest BCUT2D eigenvalue weighted by atomic mass is 10.2. The average molecular weight is 337 g/mol. The van der Waals surface area contributed by atoms with Gasteiger partial charge in [0.05, 0.1) is 18.9 Å². The highest BCUT2D eigenvalue weighted by atomic mass is 32.1. The van der Waals surface area contributed by atoms with Crippen LogP contribution in [0.25, 0.3) is 0 Å². The van der Waals surface area contributed by atoms with E-state index in [4.69, 9.17) is 9.47 Å². The summed E-state index contributed by atoms with van der Waals surface area (Å²) >= 11 is 1.64. The molecule has 1 atom stereocenters. The van der Waals surface area contributed by atoms with Crippen molar-refractivity contribution in [3.8, 4) is 0 Å². The molecule has 1 saturated heterocycles. The molecule has 1 aliphatic rings. The summed E-state index contributed by atoms with van der Waals surface area (Å²) in [5.74, 6) is 1.70. The molecule has 7 nitrogen and oxygen atoms in total. The minimum absolute atomic E-state index is 0.0670. The molecule has 0 amide bonds. The molecule has 0 aromatic carbocycles. The Kier molecular flexibility index (Phi) is 5.71. The molecule has 8 heteroatoms. The molecule has 0 radical (unpaired) electrons. The fourth-order valence-corrected chi connectivity index (χ4v) is 3.40. The van der Waals surface area contributed by atoms with Crippen molar-refractivity contribution in [1.29, 1.82) is 0 Å². The van der Waals surface area contributed by atoms with E-state index >= 15 is 0 Å². The second kappa shape index (κ2) is 7.96. The third-order valence-electron chi connectivity index (χ3n) is 3.73. The van der Waals surface area contributed by atoms with Crippen molar-refractivity contribution >= 4 is 11.3 Å². The van der Waals surface area contributed by atoms with Gasteiger partial charge >= 0.3 is 0 Å². The summed E-state index contributed by atoms with van der Waals surface area (Å²) in [5, 5.41) is 10.4. The number of morpholine rings is 1. The number of H-pyrrole nitrogens is 1. The van der Waals surface area contributed by atoms with E-state index in [1.807, 2.05) is 0 Å². The van der Waals surface area contributed by atoms with Crippen LogP contribution in [0.1, 0.15) is 41.8 Å². The third kappa shape index (κ3) is 4.35. The first kappa shape index (κ1) is 16.5. The van der Waals surface area contributed by atoms with Gasteiger partial charge in [-0.3, -0.25) is 10.00 Å². The van der Waals surface area contributed by atoms with E-state index in [0.717, 1.165) is 54.8 Å². The van der Waals surface area contributed by atoms with Gasteiger partial charge < -0.3 is 9.47 Å². The number of methoxy groups -OCH3 is 1. The Morgan fingerprint density at radius 1 is 1.48 bits per heavy atom. The second-order valence-corrected chi connectivity index (χ2v) is 6.59. The number of ether oxygens (including phenoxy) is 2. The maximum absolute atomic E-state index is 5.84. The van der Waals surface area contributed by atoms with E-state index < -0.39 is 0 Å². The molecule has 2 aromatic rings. The normalized spacial score (nSPS) is 19.3. The van der Waals surface area contributed by atoms with Crippen LogP contribution in [0.3, 0.4) is 0 Å². The van der Waals surface area contributed by atoms with E-state index in [0.29, 0.717) is 13.2 Å². The van der Waals surface area contributed by atoms with Crippen molar-refractivity contribution < 1.29 is 9.47 Å². The molecule has 0 bridgehead atoms. The Bertz CT molecular complexity index is 615. The molecule has 23 heavy (non-hydrogen) atoms. The Morgan fingerprint density at radius 2 is 2.39 bits per heavy atom. The summed E-state index contributed by atoms with van der Waals surface area (Å²) in [6.45, 7) is 5.92. The van der Waals surface area contributed by atoms with E-state index in [1.165, 1.54) is 0 Å². The molecule has 1 N–H and O–H groups in total. The summed E-state index contributed by atoms with van der Waals surface area (Å²) in [7, 11) is 1.69. The van der Waals surface area contributed by atoms with Gasteiger partial charge in [-0.2, -0.15) is 5.10 Å². The Labute approximate surface area is 140 Å². The molecule has 1 fully saturated rings. The van der Waals surface area contributed by atoms with Crippen LogP contribution in [0, 0.1) is 0 Å². The lowest BCUT2D eigenvalue weighted by molar-refractivity contribution is -0.0374. The van der Waals surface area contributed by atoms with Gasteiger partial charge in [0.25, 0.3) is 0 Å². The van der Waals surface area contributed by atoms with Crippen LogP contribution < -0.4 is 0 Å². The van der Waals surface area contributed by atoms with Crippen molar-refractivity contribution in [2.24, 2.45) is 0 Å². The number of aromatic nitrogens is 4. The first-order valence-electron chi connectivity index (χ1n) is 7.95. The van der Waals surface area contributed by atoms with Crippen LogP contribution >= 0.6 is 11.3 Å². The van der Waals surface area contributed by atoms with Crippen LogP contribution in [0.5, 0.6) is 0 Å². The summed E-state index contributed by atoms with van der Waals surface area (Å²) in [5.41, 5.74) is 1.09. The fraction of sp³-hybridized carbons (Fsp3) is 0.667. The molecular formula is C15H23N5O2S. The van der Waals surface area contributed by atoms with Crippen molar-refractivity contribution in [3.63, 3.8) is 0 Å². The first-order chi connectivity index (χ1) is 11.3.